The van der Waals surface area contributed by atoms with Crippen LogP contribution in [0.5, 0.6) is 0 Å². The number of carboxylic acids is 1. The molecule has 0 fully saturated rings. The Bertz CT molecular complexity index is 126. The van der Waals surface area contributed by atoms with E-state index >= 15 is 0 Å². The Morgan fingerprint density at radius 3 is 2.10 bits per heavy atom. The average Bonchev–Trinajstić information content (AvgIpc) is 1.60. The third-order valence-electron chi connectivity index (χ3n) is 1.53. The molecule has 0 aliphatic rings. The molecule has 60 valence electrons. The summed E-state index contributed by atoms with van der Waals surface area (Å²) in [4.78, 5) is 10.3. The van der Waals surface area contributed by atoms with E-state index in [0.29, 0.717) is 6.42 Å². The second-order valence-electron chi connectivity index (χ2n) is 2.86. The first kappa shape index (κ1) is 9.40. The molecule has 0 amide bonds. The minimum atomic E-state index is -1.61. The third-order valence-corrected chi connectivity index (χ3v) is 1.53. The van der Waals surface area contributed by atoms with E-state index in [9.17, 15) is 9.18 Å². The smallest absolute Gasteiger partial charge is 0.309 e. The summed E-state index contributed by atoms with van der Waals surface area (Å²) in [6, 6.07) is 0. The molecule has 0 aliphatic heterocycles. The lowest BCUT2D eigenvalue weighted by Gasteiger charge is -2.21. The second-order valence-corrected chi connectivity index (χ2v) is 2.86. The highest BCUT2D eigenvalue weighted by atomic mass is 19.1. The van der Waals surface area contributed by atoms with Crippen molar-refractivity contribution < 1.29 is 14.3 Å². The number of carbonyl (C=O) groups is 1. The number of rotatable bonds is 3. The van der Waals surface area contributed by atoms with Gasteiger partial charge >= 0.3 is 5.97 Å². The van der Waals surface area contributed by atoms with Crippen molar-refractivity contribution >= 4 is 5.97 Å². The van der Waals surface area contributed by atoms with Crippen LogP contribution < -0.4 is 0 Å². The van der Waals surface area contributed by atoms with Crippen LogP contribution in [-0.2, 0) is 4.79 Å². The summed E-state index contributed by atoms with van der Waals surface area (Å²) in [5, 5.41) is 8.47. The SMILES string of the molecule is CCC(C(=O)O)C(C)(C)F. The van der Waals surface area contributed by atoms with Crippen molar-refractivity contribution in [3.8, 4) is 0 Å². The van der Waals surface area contributed by atoms with Gasteiger partial charge in [-0.25, -0.2) is 4.39 Å². The van der Waals surface area contributed by atoms with Crippen LogP contribution in [0.15, 0.2) is 0 Å². The van der Waals surface area contributed by atoms with Gasteiger partial charge in [0.25, 0.3) is 0 Å². The Kier molecular flexibility index (Phi) is 2.81. The van der Waals surface area contributed by atoms with E-state index in [1.165, 1.54) is 13.8 Å². The molecule has 1 N–H and O–H groups in total. The third kappa shape index (κ3) is 2.33. The van der Waals surface area contributed by atoms with E-state index in [-0.39, 0.29) is 0 Å². The first-order chi connectivity index (χ1) is 4.39. The molecule has 10 heavy (non-hydrogen) atoms. The van der Waals surface area contributed by atoms with Crippen LogP contribution in [0.4, 0.5) is 4.39 Å². The second kappa shape index (κ2) is 2.99. The number of alkyl halides is 1. The largest absolute Gasteiger partial charge is 0.481 e. The van der Waals surface area contributed by atoms with Gasteiger partial charge in [0.2, 0.25) is 0 Å². The normalized spacial score (nSPS) is 14.8. The summed E-state index contributed by atoms with van der Waals surface area (Å²) < 4.78 is 12.9. The molecule has 0 rings (SSSR count). The number of carboxylic acid groups (broad SMARTS) is 1. The van der Waals surface area contributed by atoms with Crippen molar-refractivity contribution in [2.75, 3.05) is 0 Å². The molecule has 0 saturated heterocycles. The molecule has 0 aromatic carbocycles. The molecule has 0 aromatic heterocycles. The van der Waals surface area contributed by atoms with Crippen LogP contribution >= 0.6 is 0 Å². The summed E-state index contributed by atoms with van der Waals surface area (Å²) in [6.45, 7) is 4.24. The van der Waals surface area contributed by atoms with Gasteiger partial charge in [-0.05, 0) is 20.3 Å². The monoisotopic (exact) mass is 148 g/mol. The van der Waals surface area contributed by atoms with Gasteiger partial charge in [-0.3, -0.25) is 4.79 Å². The van der Waals surface area contributed by atoms with Gasteiger partial charge in [0.1, 0.15) is 5.67 Å². The number of hydrogen-bond donors (Lipinski definition) is 1. The van der Waals surface area contributed by atoms with E-state index in [4.69, 9.17) is 5.11 Å². The summed E-state index contributed by atoms with van der Waals surface area (Å²) >= 11 is 0. The van der Waals surface area contributed by atoms with Crippen LogP contribution in [0, 0.1) is 5.92 Å². The summed E-state index contributed by atoms with van der Waals surface area (Å²) in [5.74, 6) is -1.94. The summed E-state index contributed by atoms with van der Waals surface area (Å²) in [6.07, 6.45) is 0.332. The van der Waals surface area contributed by atoms with Gasteiger partial charge in [0, 0.05) is 0 Å². The molecule has 0 heterocycles. The van der Waals surface area contributed by atoms with Crippen molar-refractivity contribution in [1.82, 2.24) is 0 Å². The average molecular weight is 148 g/mol. The number of halogens is 1. The first-order valence-corrected chi connectivity index (χ1v) is 3.31. The number of aliphatic carboxylic acids is 1. The highest BCUT2D eigenvalue weighted by Gasteiger charge is 2.33. The Labute approximate surface area is 60.1 Å². The molecule has 0 spiro atoms. The maximum absolute atomic E-state index is 12.9. The van der Waals surface area contributed by atoms with E-state index in [2.05, 4.69) is 0 Å². The molecule has 3 heteroatoms. The molecule has 0 saturated carbocycles. The Hall–Kier alpha value is -0.600. The fraction of sp³-hybridized carbons (Fsp3) is 0.857. The van der Waals surface area contributed by atoms with Gasteiger partial charge in [0.15, 0.2) is 0 Å². The van der Waals surface area contributed by atoms with E-state index in [1.54, 1.807) is 6.92 Å². The molecule has 0 radical (unpaired) electrons. The molecular formula is C7H13FO2. The quantitative estimate of drug-likeness (QED) is 0.663. The Morgan fingerprint density at radius 1 is 1.70 bits per heavy atom. The van der Waals surface area contributed by atoms with Gasteiger partial charge < -0.3 is 5.11 Å². The summed E-state index contributed by atoms with van der Waals surface area (Å²) in [7, 11) is 0. The maximum atomic E-state index is 12.9. The highest BCUT2D eigenvalue weighted by molar-refractivity contribution is 5.71. The van der Waals surface area contributed by atoms with Crippen LogP contribution in [0.2, 0.25) is 0 Å². The minimum Gasteiger partial charge on any atom is -0.481 e. The molecule has 0 aromatic rings. The van der Waals surface area contributed by atoms with Gasteiger partial charge in [0.05, 0.1) is 5.92 Å². The zero-order chi connectivity index (χ0) is 8.36. The molecule has 1 atom stereocenters. The van der Waals surface area contributed by atoms with E-state index in [0.717, 1.165) is 0 Å². The van der Waals surface area contributed by atoms with Crippen LogP contribution in [0.25, 0.3) is 0 Å². The zero-order valence-corrected chi connectivity index (χ0v) is 6.52. The predicted molar refractivity (Wildman–Crippen MR) is 36.6 cm³/mol. The summed E-state index contributed by atoms with van der Waals surface area (Å²) in [5.41, 5.74) is -1.61. The van der Waals surface area contributed by atoms with Crippen LogP contribution in [-0.4, -0.2) is 16.7 Å². The van der Waals surface area contributed by atoms with Crippen LogP contribution in [0.3, 0.4) is 0 Å². The molecule has 2 nitrogen and oxygen atoms in total. The van der Waals surface area contributed by atoms with Crippen LogP contribution in [0.1, 0.15) is 27.2 Å². The van der Waals surface area contributed by atoms with Gasteiger partial charge in [-0.15, -0.1) is 0 Å². The van der Waals surface area contributed by atoms with Crippen molar-refractivity contribution in [2.45, 2.75) is 32.9 Å². The predicted octanol–water partition coefficient (Wildman–Crippen LogP) is 1.85. The molecule has 0 bridgehead atoms. The van der Waals surface area contributed by atoms with Gasteiger partial charge in [-0.2, -0.15) is 0 Å². The van der Waals surface area contributed by atoms with Gasteiger partial charge in [-0.1, -0.05) is 6.92 Å². The van der Waals surface area contributed by atoms with Crippen molar-refractivity contribution in [2.24, 2.45) is 5.92 Å². The maximum Gasteiger partial charge on any atom is 0.309 e. The minimum absolute atomic E-state index is 0.332. The van der Waals surface area contributed by atoms with E-state index in [1.807, 2.05) is 0 Å². The first-order valence-electron chi connectivity index (χ1n) is 3.31. The molecule has 1 unspecified atom stereocenters. The Balaban J connectivity index is 4.22. The van der Waals surface area contributed by atoms with Crippen molar-refractivity contribution in [1.29, 1.82) is 0 Å². The lowest BCUT2D eigenvalue weighted by molar-refractivity contribution is -0.146. The lowest BCUT2D eigenvalue weighted by Crippen LogP contribution is -2.32. The fourth-order valence-electron chi connectivity index (χ4n) is 0.954. The standard InChI is InChI=1S/C7H13FO2/c1-4-5(6(9)10)7(2,3)8/h5H,4H2,1-3H3,(H,9,10). The molecule has 0 aliphatic carbocycles. The lowest BCUT2D eigenvalue weighted by atomic mass is 9.91. The highest BCUT2D eigenvalue weighted by Crippen LogP contribution is 2.23. The van der Waals surface area contributed by atoms with Crippen molar-refractivity contribution in [3.05, 3.63) is 0 Å². The zero-order valence-electron chi connectivity index (χ0n) is 6.52. The topological polar surface area (TPSA) is 37.3 Å². The molecular weight excluding hydrogens is 135 g/mol. The van der Waals surface area contributed by atoms with E-state index < -0.39 is 17.6 Å². The fourth-order valence-corrected chi connectivity index (χ4v) is 0.954. The van der Waals surface area contributed by atoms with Crippen molar-refractivity contribution in [3.63, 3.8) is 0 Å². The Morgan fingerprint density at radius 2 is 2.10 bits per heavy atom. The number of hydrogen-bond acceptors (Lipinski definition) is 1.